The molecule has 8 nitrogen and oxygen atoms in total. The van der Waals surface area contributed by atoms with Gasteiger partial charge in [0.05, 0.1) is 18.1 Å². The topological polar surface area (TPSA) is 122 Å². The summed E-state index contributed by atoms with van der Waals surface area (Å²) in [6.07, 6.45) is 1.58. The smallest absolute Gasteiger partial charge is 0.239 e. The molecular weight excluding hydrogens is 246 g/mol. The summed E-state index contributed by atoms with van der Waals surface area (Å²) in [5, 5.41) is 13.0. The molecule has 19 heavy (non-hydrogen) atoms. The molecular formula is C11H17N7O. The lowest BCUT2D eigenvalue weighted by molar-refractivity contribution is -0.120. The van der Waals surface area contributed by atoms with E-state index in [2.05, 4.69) is 30.8 Å². The van der Waals surface area contributed by atoms with E-state index in [4.69, 9.17) is 5.73 Å². The van der Waals surface area contributed by atoms with Crippen molar-refractivity contribution in [1.82, 2.24) is 25.5 Å². The third-order valence-corrected chi connectivity index (χ3v) is 2.26. The lowest BCUT2D eigenvalue weighted by Crippen LogP contribution is -2.43. The Morgan fingerprint density at radius 3 is 2.84 bits per heavy atom. The van der Waals surface area contributed by atoms with Crippen molar-refractivity contribution in [2.24, 2.45) is 0 Å². The minimum Gasteiger partial charge on any atom is -0.368 e. The van der Waals surface area contributed by atoms with E-state index in [1.54, 1.807) is 6.20 Å². The maximum absolute atomic E-state index is 11.7. The van der Waals surface area contributed by atoms with Gasteiger partial charge in [0, 0.05) is 5.54 Å². The van der Waals surface area contributed by atoms with Crippen LogP contribution < -0.4 is 16.4 Å². The number of aromatic nitrogens is 4. The third kappa shape index (κ3) is 3.30. The molecule has 2 rings (SSSR count). The van der Waals surface area contributed by atoms with Gasteiger partial charge in [0.15, 0.2) is 5.65 Å². The average molecular weight is 263 g/mol. The van der Waals surface area contributed by atoms with E-state index in [1.165, 1.54) is 0 Å². The molecule has 5 N–H and O–H groups in total. The molecule has 0 aliphatic rings. The predicted molar refractivity (Wildman–Crippen MR) is 72.5 cm³/mol. The number of anilines is 2. The van der Waals surface area contributed by atoms with E-state index in [9.17, 15) is 4.79 Å². The first-order valence-electron chi connectivity index (χ1n) is 5.86. The van der Waals surface area contributed by atoms with Crippen LogP contribution >= 0.6 is 0 Å². The molecule has 8 heteroatoms. The monoisotopic (exact) mass is 263 g/mol. The van der Waals surface area contributed by atoms with E-state index in [1.807, 2.05) is 20.8 Å². The number of hydrogen-bond donors (Lipinski definition) is 4. The molecule has 0 aliphatic heterocycles. The van der Waals surface area contributed by atoms with Crippen LogP contribution in [0.5, 0.6) is 0 Å². The summed E-state index contributed by atoms with van der Waals surface area (Å²) >= 11 is 0. The normalized spacial score (nSPS) is 11.5. The summed E-state index contributed by atoms with van der Waals surface area (Å²) < 4.78 is 0. The van der Waals surface area contributed by atoms with E-state index in [-0.39, 0.29) is 23.9 Å². The molecule has 0 aromatic carbocycles. The van der Waals surface area contributed by atoms with Crippen LogP contribution in [0.15, 0.2) is 6.20 Å². The second-order valence-electron chi connectivity index (χ2n) is 5.21. The highest BCUT2D eigenvalue weighted by molar-refractivity contribution is 5.89. The zero-order valence-electron chi connectivity index (χ0n) is 11.1. The molecule has 1 amide bonds. The number of carbonyl (C=O) groups excluding carboxylic acids is 1. The highest BCUT2D eigenvalue weighted by atomic mass is 16.2. The van der Waals surface area contributed by atoms with Gasteiger partial charge in [-0.25, -0.2) is 0 Å². The first-order valence-corrected chi connectivity index (χ1v) is 5.86. The zero-order chi connectivity index (χ0) is 14.0. The lowest BCUT2D eigenvalue weighted by Gasteiger charge is -2.20. The molecule has 0 saturated carbocycles. The molecule has 0 spiro atoms. The van der Waals surface area contributed by atoms with E-state index < -0.39 is 0 Å². The van der Waals surface area contributed by atoms with Gasteiger partial charge in [0.2, 0.25) is 11.9 Å². The summed E-state index contributed by atoms with van der Waals surface area (Å²) in [5.41, 5.74) is 5.85. The fourth-order valence-corrected chi connectivity index (χ4v) is 1.61. The Balaban J connectivity index is 2.09. The number of carbonyl (C=O) groups is 1. The minimum atomic E-state index is -0.269. The number of nitrogens with one attached hydrogen (secondary N) is 3. The van der Waals surface area contributed by atoms with Gasteiger partial charge < -0.3 is 16.4 Å². The molecule has 102 valence electrons. The summed E-state index contributed by atoms with van der Waals surface area (Å²) in [5.74, 6) is 0.483. The third-order valence-electron chi connectivity index (χ3n) is 2.26. The van der Waals surface area contributed by atoms with Crippen molar-refractivity contribution in [2.75, 3.05) is 17.6 Å². The van der Waals surface area contributed by atoms with Gasteiger partial charge in [0.1, 0.15) is 5.82 Å². The Labute approximate surface area is 110 Å². The Morgan fingerprint density at radius 1 is 1.42 bits per heavy atom. The first kappa shape index (κ1) is 13.1. The number of nitrogen functional groups attached to an aromatic ring is 1. The Hall–Kier alpha value is -2.38. The molecule has 0 unspecified atom stereocenters. The summed E-state index contributed by atoms with van der Waals surface area (Å²) in [4.78, 5) is 19.8. The van der Waals surface area contributed by atoms with Crippen LogP contribution in [0.1, 0.15) is 20.8 Å². The number of rotatable bonds is 3. The number of nitrogens with zero attached hydrogens (tertiary/aromatic N) is 3. The van der Waals surface area contributed by atoms with Crippen LogP contribution in [0.4, 0.5) is 11.8 Å². The molecule has 2 aromatic heterocycles. The van der Waals surface area contributed by atoms with Gasteiger partial charge in [-0.2, -0.15) is 15.1 Å². The average Bonchev–Trinajstić information content (AvgIpc) is 2.71. The molecule has 0 aliphatic carbocycles. The maximum Gasteiger partial charge on any atom is 0.239 e. The van der Waals surface area contributed by atoms with Crippen LogP contribution in [-0.4, -0.2) is 38.2 Å². The maximum atomic E-state index is 11.7. The van der Waals surface area contributed by atoms with Crippen molar-refractivity contribution in [1.29, 1.82) is 0 Å². The SMILES string of the molecule is CC(C)(C)NC(=O)CNc1nc(N)nc2[nH]ncc12. The van der Waals surface area contributed by atoms with Gasteiger partial charge in [-0.15, -0.1) is 0 Å². The van der Waals surface area contributed by atoms with Gasteiger partial charge in [-0.3, -0.25) is 9.89 Å². The number of nitrogens with two attached hydrogens (primary N) is 1. The molecule has 0 radical (unpaired) electrons. The molecule has 0 bridgehead atoms. The lowest BCUT2D eigenvalue weighted by atomic mass is 10.1. The summed E-state index contributed by atoms with van der Waals surface area (Å²) in [6, 6.07) is 0. The van der Waals surface area contributed by atoms with Gasteiger partial charge >= 0.3 is 0 Å². The fourth-order valence-electron chi connectivity index (χ4n) is 1.61. The standard InChI is InChI=1S/C11H17N7O/c1-11(2,3)17-7(19)5-13-8-6-4-14-18-9(6)16-10(12)15-8/h4H,5H2,1-3H3,(H,17,19)(H4,12,13,14,15,16,18). The van der Waals surface area contributed by atoms with Crippen LogP contribution in [0, 0.1) is 0 Å². The van der Waals surface area contributed by atoms with Crippen molar-refractivity contribution in [3.63, 3.8) is 0 Å². The zero-order valence-corrected chi connectivity index (χ0v) is 11.1. The van der Waals surface area contributed by atoms with Crippen molar-refractivity contribution in [2.45, 2.75) is 26.3 Å². The fraction of sp³-hybridized carbons (Fsp3) is 0.455. The number of hydrogen-bond acceptors (Lipinski definition) is 6. The van der Waals surface area contributed by atoms with Crippen molar-refractivity contribution < 1.29 is 4.79 Å². The Morgan fingerprint density at radius 2 is 2.16 bits per heavy atom. The van der Waals surface area contributed by atoms with Crippen molar-refractivity contribution in [3.8, 4) is 0 Å². The molecule has 0 fully saturated rings. The van der Waals surface area contributed by atoms with Crippen LogP contribution in [0.3, 0.4) is 0 Å². The highest BCUT2D eigenvalue weighted by Gasteiger charge is 2.14. The van der Waals surface area contributed by atoms with Crippen molar-refractivity contribution >= 4 is 28.7 Å². The van der Waals surface area contributed by atoms with E-state index in [0.717, 1.165) is 0 Å². The molecule has 0 atom stereocenters. The number of fused-ring (bicyclic) bond motifs is 1. The number of amides is 1. The predicted octanol–water partition coefficient (Wildman–Crippen LogP) is 0.262. The first-order chi connectivity index (χ1) is 8.85. The van der Waals surface area contributed by atoms with Crippen molar-refractivity contribution in [3.05, 3.63) is 6.20 Å². The van der Waals surface area contributed by atoms with E-state index in [0.29, 0.717) is 16.9 Å². The second kappa shape index (κ2) is 4.71. The molecule has 2 heterocycles. The van der Waals surface area contributed by atoms with Crippen LogP contribution in [0.2, 0.25) is 0 Å². The second-order valence-corrected chi connectivity index (χ2v) is 5.21. The molecule has 2 aromatic rings. The number of aromatic amines is 1. The van der Waals surface area contributed by atoms with Gasteiger partial charge in [-0.05, 0) is 20.8 Å². The quantitative estimate of drug-likeness (QED) is 0.630. The minimum absolute atomic E-state index is 0.105. The number of H-pyrrole nitrogens is 1. The van der Waals surface area contributed by atoms with Gasteiger partial charge in [0.25, 0.3) is 0 Å². The summed E-state index contributed by atoms with van der Waals surface area (Å²) in [6.45, 7) is 5.86. The Kier molecular flexibility index (Phi) is 3.24. The highest BCUT2D eigenvalue weighted by Crippen LogP contribution is 2.18. The molecule has 0 saturated heterocycles. The van der Waals surface area contributed by atoms with Crippen LogP contribution in [0.25, 0.3) is 11.0 Å². The Bertz CT molecular complexity index is 599. The van der Waals surface area contributed by atoms with E-state index >= 15 is 0 Å². The van der Waals surface area contributed by atoms with Gasteiger partial charge in [-0.1, -0.05) is 0 Å². The largest absolute Gasteiger partial charge is 0.368 e. The van der Waals surface area contributed by atoms with Crippen LogP contribution in [-0.2, 0) is 4.79 Å². The summed E-state index contributed by atoms with van der Waals surface area (Å²) in [7, 11) is 0.